The zero-order valence-corrected chi connectivity index (χ0v) is 44.9. The normalized spacial score (nSPS) is 11.9. The van der Waals surface area contributed by atoms with Crippen molar-refractivity contribution in [2.45, 2.75) is 177 Å². The summed E-state index contributed by atoms with van der Waals surface area (Å²) in [6.07, 6.45) is -3.24. The molecule has 5 aromatic rings. The molecule has 69 heavy (non-hydrogen) atoms. The third-order valence-electron chi connectivity index (χ3n) is 10.6. The lowest BCUT2D eigenvalue weighted by molar-refractivity contribution is -0.138. The maximum Gasteiger partial charge on any atom is 0.416 e. The number of rotatable bonds is 4. The maximum atomic E-state index is 13.1. The van der Waals surface area contributed by atoms with E-state index >= 15 is 0 Å². The van der Waals surface area contributed by atoms with Gasteiger partial charge in [-0.15, -0.1) is 0 Å². The fourth-order valence-electron chi connectivity index (χ4n) is 7.46. The first-order valence-electron chi connectivity index (χ1n) is 23.2. The van der Waals surface area contributed by atoms with E-state index in [1.54, 1.807) is 46.1 Å². The molecule has 0 saturated heterocycles. The highest BCUT2D eigenvalue weighted by Crippen LogP contribution is 2.38. The first-order chi connectivity index (χ1) is 31.3. The van der Waals surface area contributed by atoms with Crippen molar-refractivity contribution in [1.29, 1.82) is 0 Å². The van der Waals surface area contributed by atoms with E-state index in [9.17, 15) is 30.7 Å². The molecule has 0 fully saturated rings. The van der Waals surface area contributed by atoms with Gasteiger partial charge in [-0.1, -0.05) is 147 Å². The van der Waals surface area contributed by atoms with Gasteiger partial charge in [-0.25, -0.2) is 22.4 Å². The molecule has 0 aromatic heterocycles. The zero-order valence-electron chi connectivity index (χ0n) is 44.9. The molecule has 0 heterocycles. The molecule has 0 aliphatic rings. The third kappa shape index (κ3) is 20.3. The molecule has 0 aliphatic carbocycles. The van der Waals surface area contributed by atoms with Gasteiger partial charge in [-0.05, 0) is 136 Å². The Hall–Kier alpha value is -5.30. The van der Waals surface area contributed by atoms with Crippen LogP contribution in [0, 0.1) is 36.8 Å². The van der Waals surface area contributed by atoms with Crippen molar-refractivity contribution in [2.24, 2.45) is 0 Å². The van der Waals surface area contributed by atoms with E-state index in [0.29, 0.717) is 17.2 Å². The van der Waals surface area contributed by atoms with Gasteiger partial charge < -0.3 is 9.47 Å². The van der Waals surface area contributed by atoms with Crippen molar-refractivity contribution in [3.8, 4) is 11.5 Å². The summed E-state index contributed by atoms with van der Waals surface area (Å²) in [4.78, 5) is 3.31. The van der Waals surface area contributed by atoms with Crippen molar-refractivity contribution in [3.63, 3.8) is 0 Å². The predicted molar refractivity (Wildman–Crippen MR) is 273 cm³/mol. The number of hydrogen-bond acceptors (Lipinski definition) is 2. The molecule has 5 rings (SSSR count). The average molecular weight is 966 g/mol. The standard InChI is InChI=1S/C13H19FO.C13H20.C11H12F4.C11H12FN.C11H15FO/c1-9(2)15-12-8-10(14)6-7-11(12)13(3,4)5;1-6-11-9-7-8-10(2)12(11)13(3,4)5;1-10(2,3)9-6-7(12)4-5-8(9)11(13,14)15;2*1-11(2,3)9-6-5-8(12)7-10(9)13-4/h6-9H,1-5H3;7-9H,6H2,1-5H3;4-6H,1-3H3;5-7H,1-3H3;5-7H,1-4H3. The average Bonchev–Trinajstić information content (AvgIpc) is 3.18. The largest absolute Gasteiger partial charge is 0.496 e. The van der Waals surface area contributed by atoms with E-state index in [1.165, 1.54) is 53.1 Å². The van der Waals surface area contributed by atoms with Gasteiger partial charge in [0.25, 0.3) is 0 Å². The van der Waals surface area contributed by atoms with Crippen LogP contribution in [0.4, 0.5) is 36.4 Å². The van der Waals surface area contributed by atoms with Crippen molar-refractivity contribution < 1.29 is 40.2 Å². The van der Waals surface area contributed by atoms with Crippen LogP contribution in [0.1, 0.15) is 169 Å². The van der Waals surface area contributed by atoms with E-state index in [4.69, 9.17) is 16.0 Å². The Morgan fingerprint density at radius 1 is 0.507 bits per heavy atom. The Morgan fingerprint density at radius 2 is 0.899 bits per heavy atom. The van der Waals surface area contributed by atoms with E-state index in [0.717, 1.165) is 41.3 Å². The molecule has 0 radical (unpaired) electrons. The summed E-state index contributed by atoms with van der Waals surface area (Å²) in [5.74, 6) is -0.236. The highest BCUT2D eigenvalue weighted by molar-refractivity contribution is 5.55. The van der Waals surface area contributed by atoms with Crippen LogP contribution in [0.3, 0.4) is 0 Å². The lowest BCUT2D eigenvalue weighted by atomic mass is 9.80. The van der Waals surface area contributed by atoms with Gasteiger partial charge in [0.1, 0.15) is 34.8 Å². The van der Waals surface area contributed by atoms with Crippen LogP contribution in [-0.2, 0) is 39.7 Å². The monoisotopic (exact) mass is 966 g/mol. The second kappa shape index (κ2) is 25.0. The van der Waals surface area contributed by atoms with E-state index in [2.05, 4.69) is 99.2 Å². The molecular formula is C59H78F7NO2. The Morgan fingerprint density at radius 3 is 1.26 bits per heavy atom. The fourth-order valence-corrected chi connectivity index (χ4v) is 7.46. The van der Waals surface area contributed by atoms with Crippen LogP contribution in [0.15, 0.2) is 91.0 Å². The number of aryl methyl sites for hydroxylation is 2. The van der Waals surface area contributed by atoms with Crippen LogP contribution >= 0.6 is 0 Å². The number of hydrogen-bond donors (Lipinski definition) is 0. The van der Waals surface area contributed by atoms with Crippen molar-refractivity contribution in [2.75, 3.05) is 7.11 Å². The minimum absolute atomic E-state index is 0.0148. The quantitative estimate of drug-likeness (QED) is 0.132. The lowest BCUT2D eigenvalue weighted by Gasteiger charge is -2.25. The SMILES string of the molecule is CC(C)(C)c1cc(F)ccc1C(F)(F)F.CC(C)Oc1cc(F)ccc1C(C)(C)C.CCc1cccc(C)c1C(C)(C)C.COc1cc(F)ccc1C(C)(C)C.[C-]#[N+]c1cc(F)ccc1C(C)(C)C. The number of nitrogens with zero attached hydrogens (tertiary/aromatic N) is 1. The molecule has 0 saturated carbocycles. The molecular weight excluding hydrogens is 888 g/mol. The van der Waals surface area contributed by atoms with E-state index in [1.807, 2.05) is 34.6 Å². The van der Waals surface area contributed by atoms with E-state index < -0.39 is 23.0 Å². The van der Waals surface area contributed by atoms with Crippen LogP contribution in [0.5, 0.6) is 11.5 Å². The van der Waals surface area contributed by atoms with E-state index in [-0.39, 0.29) is 50.8 Å². The fraction of sp³-hybridized carbons (Fsp3) is 0.475. The van der Waals surface area contributed by atoms with Crippen molar-refractivity contribution in [1.82, 2.24) is 0 Å². The van der Waals surface area contributed by atoms with Crippen LogP contribution in [0.2, 0.25) is 0 Å². The highest BCUT2D eigenvalue weighted by Gasteiger charge is 2.36. The minimum atomic E-state index is -4.43. The second-order valence-electron chi connectivity index (χ2n) is 22.3. The molecule has 0 N–H and O–H groups in total. The Balaban J connectivity index is 0.000000432. The van der Waals surface area contributed by atoms with Crippen LogP contribution in [-0.4, -0.2) is 13.2 Å². The first kappa shape index (κ1) is 61.7. The third-order valence-corrected chi connectivity index (χ3v) is 10.6. The summed E-state index contributed by atoms with van der Waals surface area (Å²) >= 11 is 0. The topological polar surface area (TPSA) is 22.8 Å². The number of alkyl halides is 3. The minimum Gasteiger partial charge on any atom is -0.496 e. The molecule has 380 valence electrons. The first-order valence-corrected chi connectivity index (χ1v) is 23.2. The summed E-state index contributed by atoms with van der Waals surface area (Å²) in [5, 5.41) is 0. The highest BCUT2D eigenvalue weighted by atomic mass is 19.4. The van der Waals surface area contributed by atoms with Crippen molar-refractivity contribution in [3.05, 3.63) is 170 Å². The second-order valence-corrected chi connectivity index (χ2v) is 22.3. The van der Waals surface area contributed by atoms with Gasteiger partial charge in [0, 0.05) is 12.1 Å². The van der Waals surface area contributed by atoms with Gasteiger partial charge in [-0.2, -0.15) is 13.2 Å². The molecule has 5 aromatic carbocycles. The summed E-state index contributed by atoms with van der Waals surface area (Å²) in [6, 6.07) is 22.9. The van der Waals surface area contributed by atoms with Gasteiger partial charge in [0.15, 0.2) is 5.69 Å². The molecule has 0 bridgehead atoms. The Kier molecular flexibility index (Phi) is 22.4. The van der Waals surface area contributed by atoms with Gasteiger partial charge in [0.05, 0.1) is 25.3 Å². The Labute approximate surface area is 410 Å². The maximum absolute atomic E-state index is 13.1. The van der Waals surface area contributed by atoms with Crippen LogP contribution in [0.25, 0.3) is 4.85 Å². The summed E-state index contributed by atoms with van der Waals surface area (Å²) in [7, 11) is 1.56. The summed E-state index contributed by atoms with van der Waals surface area (Å²) in [6.45, 7) is 45.5. The zero-order chi connectivity index (χ0) is 53.7. The van der Waals surface area contributed by atoms with Gasteiger partial charge in [-0.3, -0.25) is 0 Å². The number of methoxy groups -OCH3 is 1. The number of halogens is 7. The molecule has 10 heteroatoms. The Bertz CT molecular complexity index is 2440. The molecule has 0 spiro atoms. The molecule has 0 amide bonds. The summed E-state index contributed by atoms with van der Waals surface area (Å²) in [5.41, 5.74) is 6.42. The molecule has 0 aliphatic heterocycles. The predicted octanol–water partition coefficient (Wildman–Crippen LogP) is 18.7. The lowest BCUT2D eigenvalue weighted by Crippen LogP contribution is -2.19. The molecule has 3 nitrogen and oxygen atoms in total. The number of ether oxygens (including phenoxy) is 2. The smallest absolute Gasteiger partial charge is 0.416 e. The summed E-state index contributed by atoms with van der Waals surface area (Å²) < 4.78 is 100. The van der Waals surface area contributed by atoms with Gasteiger partial charge >= 0.3 is 6.18 Å². The molecule has 0 atom stereocenters. The number of benzene rings is 5. The van der Waals surface area contributed by atoms with Crippen molar-refractivity contribution >= 4 is 5.69 Å². The van der Waals surface area contributed by atoms with Gasteiger partial charge in [0.2, 0.25) is 0 Å². The van der Waals surface area contributed by atoms with Crippen LogP contribution < -0.4 is 9.47 Å². The molecule has 0 unspecified atom stereocenters.